The standard InChI is InChI=1S/C12H19NO2/c1-4-10(14)13-9-12(15)7-5-11(2,3)6-8-12/h1,15H,5-9H2,2-3H3,(H,13,14). The fourth-order valence-electron chi connectivity index (χ4n) is 1.86. The summed E-state index contributed by atoms with van der Waals surface area (Å²) in [6.07, 6.45) is 8.35. The van der Waals surface area contributed by atoms with Crippen LogP contribution < -0.4 is 5.32 Å². The van der Waals surface area contributed by atoms with Gasteiger partial charge in [0.1, 0.15) is 0 Å². The van der Waals surface area contributed by atoms with Crippen molar-refractivity contribution >= 4 is 5.91 Å². The number of rotatable bonds is 2. The van der Waals surface area contributed by atoms with Crippen molar-refractivity contribution in [3.63, 3.8) is 0 Å². The molecule has 0 spiro atoms. The molecule has 0 saturated heterocycles. The van der Waals surface area contributed by atoms with Gasteiger partial charge in [-0.3, -0.25) is 4.79 Å². The van der Waals surface area contributed by atoms with Gasteiger partial charge in [-0.2, -0.15) is 0 Å². The van der Waals surface area contributed by atoms with E-state index >= 15 is 0 Å². The Morgan fingerprint density at radius 1 is 1.40 bits per heavy atom. The molecular formula is C12H19NO2. The largest absolute Gasteiger partial charge is 0.388 e. The lowest BCUT2D eigenvalue weighted by Gasteiger charge is -2.40. The molecule has 84 valence electrons. The molecule has 0 bridgehead atoms. The number of carbonyl (C=O) groups excluding carboxylic acids is 1. The zero-order chi connectivity index (χ0) is 11.5. The average Bonchev–Trinajstić information content (AvgIpc) is 2.20. The average molecular weight is 209 g/mol. The van der Waals surface area contributed by atoms with Gasteiger partial charge in [-0.1, -0.05) is 13.8 Å². The van der Waals surface area contributed by atoms with E-state index in [4.69, 9.17) is 6.42 Å². The molecule has 0 heterocycles. The van der Waals surface area contributed by atoms with Gasteiger partial charge in [0.05, 0.1) is 5.60 Å². The molecule has 0 radical (unpaired) electrons. The van der Waals surface area contributed by atoms with Crippen molar-refractivity contribution in [1.82, 2.24) is 5.32 Å². The van der Waals surface area contributed by atoms with Gasteiger partial charge in [0, 0.05) is 6.54 Å². The lowest BCUT2D eigenvalue weighted by molar-refractivity contribution is -0.117. The van der Waals surface area contributed by atoms with E-state index in [2.05, 4.69) is 19.2 Å². The van der Waals surface area contributed by atoms with E-state index < -0.39 is 11.5 Å². The number of hydrogen-bond donors (Lipinski definition) is 2. The smallest absolute Gasteiger partial charge is 0.295 e. The highest BCUT2D eigenvalue weighted by atomic mass is 16.3. The van der Waals surface area contributed by atoms with Crippen LogP contribution in [0.25, 0.3) is 0 Å². The van der Waals surface area contributed by atoms with E-state index in [1.54, 1.807) is 0 Å². The molecular weight excluding hydrogens is 190 g/mol. The van der Waals surface area contributed by atoms with Crippen LogP contribution in [0.1, 0.15) is 39.5 Å². The summed E-state index contributed by atoms with van der Waals surface area (Å²) < 4.78 is 0. The predicted octanol–water partition coefficient (Wildman–Crippen LogP) is 1.07. The Morgan fingerprint density at radius 3 is 2.40 bits per heavy atom. The molecule has 1 saturated carbocycles. The quantitative estimate of drug-likeness (QED) is 0.668. The van der Waals surface area contributed by atoms with Crippen LogP contribution >= 0.6 is 0 Å². The molecule has 0 unspecified atom stereocenters. The van der Waals surface area contributed by atoms with Gasteiger partial charge in [-0.25, -0.2) is 0 Å². The van der Waals surface area contributed by atoms with E-state index in [-0.39, 0.29) is 6.54 Å². The Kier molecular flexibility index (Phi) is 3.41. The summed E-state index contributed by atoms with van der Waals surface area (Å²) in [6.45, 7) is 4.67. The van der Waals surface area contributed by atoms with Crippen LogP contribution in [0.2, 0.25) is 0 Å². The van der Waals surface area contributed by atoms with Gasteiger partial charge >= 0.3 is 0 Å². The minimum absolute atomic E-state index is 0.270. The Bertz CT molecular complexity index is 278. The second-order valence-electron chi connectivity index (χ2n) is 5.22. The van der Waals surface area contributed by atoms with Crippen LogP contribution in [0.5, 0.6) is 0 Å². The Balaban J connectivity index is 2.42. The monoisotopic (exact) mass is 209 g/mol. The molecule has 1 fully saturated rings. The van der Waals surface area contributed by atoms with Gasteiger partial charge in [0.15, 0.2) is 0 Å². The maximum Gasteiger partial charge on any atom is 0.295 e. The summed E-state index contributed by atoms with van der Waals surface area (Å²) in [5.74, 6) is 1.53. The number of hydrogen-bond acceptors (Lipinski definition) is 2. The third-order valence-corrected chi connectivity index (χ3v) is 3.24. The molecule has 15 heavy (non-hydrogen) atoms. The van der Waals surface area contributed by atoms with Crippen LogP contribution in [0.15, 0.2) is 0 Å². The maximum absolute atomic E-state index is 10.9. The van der Waals surface area contributed by atoms with Crippen LogP contribution in [0, 0.1) is 17.8 Å². The Hall–Kier alpha value is -1.01. The molecule has 2 N–H and O–H groups in total. The first kappa shape index (κ1) is 12.1. The van der Waals surface area contributed by atoms with Crippen molar-refractivity contribution in [2.75, 3.05) is 6.54 Å². The molecule has 0 aromatic carbocycles. The van der Waals surface area contributed by atoms with E-state index in [1.807, 2.05) is 5.92 Å². The molecule has 0 atom stereocenters. The van der Waals surface area contributed by atoms with Crippen LogP contribution in [-0.4, -0.2) is 23.2 Å². The normalized spacial score (nSPS) is 22.8. The lowest BCUT2D eigenvalue weighted by Crippen LogP contribution is -2.46. The third kappa shape index (κ3) is 3.56. The zero-order valence-corrected chi connectivity index (χ0v) is 9.47. The highest BCUT2D eigenvalue weighted by Gasteiger charge is 2.36. The second kappa shape index (κ2) is 4.24. The minimum atomic E-state index is -0.762. The summed E-state index contributed by atoms with van der Waals surface area (Å²) in [5.41, 5.74) is -0.454. The molecule has 3 nitrogen and oxygen atoms in total. The minimum Gasteiger partial charge on any atom is -0.388 e. The second-order valence-corrected chi connectivity index (χ2v) is 5.22. The highest BCUT2D eigenvalue weighted by molar-refractivity contribution is 5.92. The first-order valence-electron chi connectivity index (χ1n) is 5.34. The molecule has 1 amide bonds. The molecule has 0 aromatic heterocycles. The molecule has 3 heteroatoms. The fraction of sp³-hybridized carbons (Fsp3) is 0.750. The molecule has 1 aliphatic rings. The number of nitrogens with one attached hydrogen (secondary N) is 1. The molecule has 1 aliphatic carbocycles. The number of terminal acetylenes is 1. The van der Waals surface area contributed by atoms with Crippen molar-refractivity contribution in [3.05, 3.63) is 0 Å². The molecule has 0 aliphatic heterocycles. The van der Waals surface area contributed by atoms with Crippen molar-refractivity contribution in [3.8, 4) is 12.3 Å². The van der Waals surface area contributed by atoms with Crippen LogP contribution in [-0.2, 0) is 4.79 Å². The Labute approximate surface area is 91.3 Å². The molecule has 1 rings (SSSR count). The summed E-state index contributed by atoms with van der Waals surface area (Å²) in [5, 5.41) is 12.7. The van der Waals surface area contributed by atoms with E-state index in [0.717, 1.165) is 25.7 Å². The topological polar surface area (TPSA) is 49.3 Å². The summed E-state index contributed by atoms with van der Waals surface area (Å²) in [7, 11) is 0. The first-order valence-corrected chi connectivity index (χ1v) is 5.34. The lowest BCUT2D eigenvalue weighted by atomic mass is 9.71. The van der Waals surface area contributed by atoms with Crippen molar-refractivity contribution in [2.45, 2.75) is 45.1 Å². The number of aliphatic hydroxyl groups is 1. The summed E-state index contributed by atoms with van der Waals surface area (Å²) in [4.78, 5) is 10.9. The van der Waals surface area contributed by atoms with Gasteiger partial charge in [0.25, 0.3) is 5.91 Å². The Morgan fingerprint density at radius 2 is 1.93 bits per heavy atom. The third-order valence-electron chi connectivity index (χ3n) is 3.24. The van der Waals surface area contributed by atoms with Crippen molar-refractivity contribution in [2.24, 2.45) is 5.41 Å². The van der Waals surface area contributed by atoms with Gasteiger partial charge in [-0.15, -0.1) is 6.42 Å². The highest BCUT2D eigenvalue weighted by Crippen LogP contribution is 2.39. The summed E-state index contributed by atoms with van der Waals surface area (Å²) >= 11 is 0. The number of carbonyl (C=O) groups is 1. The van der Waals surface area contributed by atoms with Crippen molar-refractivity contribution in [1.29, 1.82) is 0 Å². The summed E-state index contributed by atoms with van der Waals surface area (Å²) in [6, 6.07) is 0. The van der Waals surface area contributed by atoms with Crippen LogP contribution in [0.3, 0.4) is 0 Å². The first-order chi connectivity index (χ1) is 6.87. The van der Waals surface area contributed by atoms with E-state index in [9.17, 15) is 9.90 Å². The SMILES string of the molecule is C#CC(=O)NCC1(O)CCC(C)(C)CC1. The van der Waals surface area contributed by atoms with Gasteiger partial charge in [0.2, 0.25) is 0 Å². The van der Waals surface area contributed by atoms with Gasteiger partial charge < -0.3 is 10.4 Å². The van der Waals surface area contributed by atoms with Crippen LogP contribution in [0.4, 0.5) is 0 Å². The van der Waals surface area contributed by atoms with E-state index in [1.165, 1.54) is 0 Å². The fourth-order valence-corrected chi connectivity index (χ4v) is 1.86. The van der Waals surface area contributed by atoms with Crippen molar-refractivity contribution < 1.29 is 9.90 Å². The zero-order valence-electron chi connectivity index (χ0n) is 9.47. The van der Waals surface area contributed by atoms with E-state index in [0.29, 0.717) is 5.41 Å². The number of amides is 1. The predicted molar refractivity (Wildman–Crippen MR) is 59.0 cm³/mol. The molecule has 0 aromatic rings. The van der Waals surface area contributed by atoms with Gasteiger partial charge in [-0.05, 0) is 37.0 Å². The maximum atomic E-state index is 10.9.